The van der Waals surface area contributed by atoms with Crippen LogP contribution in [0.5, 0.6) is 5.75 Å². The summed E-state index contributed by atoms with van der Waals surface area (Å²) in [6, 6.07) is 6.89. The van der Waals surface area contributed by atoms with Gasteiger partial charge in [0.15, 0.2) is 11.6 Å². The van der Waals surface area contributed by atoms with Crippen LogP contribution >= 0.6 is 0 Å². The van der Waals surface area contributed by atoms with Gasteiger partial charge in [-0.15, -0.1) is 0 Å². The van der Waals surface area contributed by atoms with Crippen LogP contribution in [0.1, 0.15) is 18.5 Å². The Bertz CT molecular complexity index is 830. The van der Waals surface area contributed by atoms with Crippen LogP contribution in [0.25, 0.3) is 0 Å². The predicted molar refractivity (Wildman–Crippen MR) is 91.1 cm³/mol. The van der Waals surface area contributed by atoms with Gasteiger partial charge < -0.3 is 15.4 Å². The quantitative estimate of drug-likeness (QED) is 0.581. The molecule has 0 fully saturated rings. The van der Waals surface area contributed by atoms with Gasteiger partial charge in [-0.05, 0) is 30.7 Å². The molecule has 2 aromatic rings. The second-order valence-electron chi connectivity index (χ2n) is 5.47. The zero-order valence-corrected chi connectivity index (χ0v) is 14.1. The number of non-ortho nitro benzene ring substituents is 1. The molecule has 0 heterocycles. The number of hydrogen-bond donors (Lipinski definition) is 2. The van der Waals surface area contributed by atoms with Crippen molar-refractivity contribution in [2.75, 3.05) is 19.0 Å². The Balaban J connectivity index is 2.01. The molecule has 1 atom stereocenters. The van der Waals surface area contributed by atoms with Gasteiger partial charge in [-0.3, -0.25) is 14.9 Å². The summed E-state index contributed by atoms with van der Waals surface area (Å²) in [4.78, 5) is 22.3. The third kappa shape index (κ3) is 4.73. The fourth-order valence-corrected chi connectivity index (χ4v) is 2.25. The van der Waals surface area contributed by atoms with Gasteiger partial charge >= 0.3 is 0 Å². The fourth-order valence-electron chi connectivity index (χ4n) is 2.25. The van der Waals surface area contributed by atoms with Crippen molar-refractivity contribution in [3.05, 3.63) is 63.7 Å². The van der Waals surface area contributed by atoms with Crippen LogP contribution in [0.3, 0.4) is 0 Å². The van der Waals surface area contributed by atoms with E-state index in [1.54, 1.807) is 6.92 Å². The molecule has 0 aromatic heterocycles. The minimum absolute atomic E-state index is 0.147. The molecule has 0 radical (unpaired) electrons. The van der Waals surface area contributed by atoms with E-state index in [-0.39, 0.29) is 23.7 Å². The molecule has 2 N–H and O–H groups in total. The number of nitro benzene ring substituents is 1. The van der Waals surface area contributed by atoms with E-state index in [0.717, 1.165) is 12.1 Å². The lowest BCUT2D eigenvalue weighted by Crippen LogP contribution is -2.30. The molecule has 0 bridgehead atoms. The van der Waals surface area contributed by atoms with E-state index >= 15 is 0 Å². The molecule has 1 amide bonds. The van der Waals surface area contributed by atoms with Gasteiger partial charge in [-0.25, -0.2) is 8.78 Å². The van der Waals surface area contributed by atoms with Gasteiger partial charge in [0.2, 0.25) is 5.91 Å². The summed E-state index contributed by atoms with van der Waals surface area (Å²) in [6.45, 7) is 1.54. The van der Waals surface area contributed by atoms with Gasteiger partial charge in [0, 0.05) is 18.2 Å². The highest BCUT2D eigenvalue weighted by Crippen LogP contribution is 2.28. The molecule has 0 spiro atoms. The van der Waals surface area contributed by atoms with Crippen molar-refractivity contribution in [3.63, 3.8) is 0 Å². The molecular weight excluding hydrogens is 348 g/mol. The maximum Gasteiger partial charge on any atom is 0.271 e. The number of benzene rings is 2. The van der Waals surface area contributed by atoms with E-state index in [4.69, 9.17) is 4.74 Å². The molecule has 7 nitrogen and oxygen atoms in total. The number of carbonyl (C=O) groups is 1. The number of methoxy groups -OCH3 is 1. The summed E-state index contributed by atoms with van der Waals surface area (Å²) in [5.74, 6) is -2.12. The first kappa shape index (κ1) is 19.3. The van der Waals surface area contributed by atoms with Crippen molar-refractivity contribution in [1.29, 1.82) is 0 Å². The van der Waals surface area contributed by atoms with E-state index in [1.807, 2.05) is 0 Å². The van der Waals surface area contributed by atoms with Crippen LogP contribution < -0.4 is 15.4 Å². The first-order valence-corrected chi connectivity index (χ1v) is 7.62. The second-order valence-corrected chi connectivity index (χ2v) is 5.47. The lowest BCUT2D eigenvalue weighted by molar-refractivity contribution is -0.384. The van der Waals surface area contributed by atoms with E-state index in [2.05, 4.69) is 10.6 Å². The van der Waals surface area contributed by atoms with Crippen molar-refractivity contribution in [2.45, 2.75) is 13.0 Å². The minimum Gasteiger partial charge on any atom is -0.495 e. The monoisotopic (exact) mass is 365 g/mol. The van der Waals surface area contributed by atoms with E-state index in [1.165, 1.54) is 31.4 Å². The number of hydrogen-bond acceptors (Lipinski definition) is 5. The third-order valence-corrected chi connectivity index (χ3v) is 3.68. The zero-order valence-electron chi connectivity index (χ0n) is 14.1. The smallest absolute Gasteiger partial charge is 0.271 e. The second kappa shape index (κ2) is 8.34. The number of amides is 1. The predicted octanol–water partition coefficient (Wildman–Crippen LogP) is 3.17. The molecule has 0 aliphatic rings. The normalized spacial score (nSPS) is 11.7. The van der Waals surface area contributed by atoms with Crippen molar-refractivity contribution in [2.24, 2.45) is 0 Å². The zero-order chi connectivity index (χ0) is 19.3. The van der Waals surface area contributed by atoms with Crippen LogP contribution in [0.2, 0.25) is 0 Å². The Labute approximate surface area is 148 Å². The van der Waals surface area contributed by atoms with E-state index in [0.29, 0.717) is 5.56 Å². The molecule has 2 aromatic carbocycles. The molecule has 0 aliphatic heterocycles. The number of nitro groups is 1. The summed E-state index contributed by atoms with van der Waals surface area (Å²) in [7, 11) is 1.38. The van der Waals surface area contributed by atoms with Crippen LogP contribution in [0.4, 0.5) is 20.2 Å². The maximum absolute atomic E-state index is 13.3. The number of halogens is 2. The standard InChI is InChI=1S/C17H17F2N3O4/c1-10(11-3-5-13(18)14(19)7-11)20-9-17(23)21-15-8-12(22(24)25)4-6-16(15)26-2/h3-8,10,20H,9H2,1-2H3,(H,21,23)/t10-/m0/s1. The van der Waals surface area contributed by atoms with E-state index in [9.17, 15) is 23.7 Å². The fraction of sp³-hybridized carbons (Fsp3) is 0.235. The lowest BCUT2D eigenvalue weighted by atomic mass is 10.1. The maximum atomic E-state index is 13.3. The van der Waals surface area contributed by atoms with Crippen LogP contribution in [-0.2, 0) is 4.79 Å². The number of carbonyl (C=O) groups excluding carboxylic acids is 1. The highest BCUT2D eigenvalue weighted by atomic mass is 19.2. The topological polar surface area (TPSA) is 93.5 Å². The number of anilines is 1. The van der Waals surface area contributed by atoms with Crippen LogP contribution in [-0.4, -0.2) is 24.5 Å². The molecule has 26 heavy (non-hydrogen) atoms. The van der Waals surface area contributed by atoms with Crippen molar-refractivity contribution < 1.29 is 23.2 Å². The largest absolute Gasteiger partial charge is 0.495 e. The summed E-state index contributed by atoms with van der Waals surface area (Å²) >= 11 is 0. The number of nitrogens with zero attached hydrogens (tertiary/aromatic N) is 1. The Kier molecular flexibility index (Phi) is 6.18. The lowest BCUT2D eigenvalue weighted by Gasteiger charge is -2.15. The molecule has 138 valence electrons. The number of rotatable bonds is 7. The molecular formula is C17H17F2N3O4. The summed E-state index contributed by atoms with van der Waals surface area (Å²) in [6.07, 6.45) is 0. The Morgan fingerprint density at radius 3 is 2.58 bits per heavy atom. The highest BCUT2D eigenvalue weighted by molar-refractivity contribution is 5.94. The Hall–Kier alpha value is -3.07. The van der Waals surface area contributed by atoms with Gasteiger partial charge in [0.1, 0.15) is 5.75 Å². The first-order valence-electron chi connectivity index (χ1n) is 7.62. The van der Waals surface area contributed by atoms with Crippen LogP contribution in [0, 0.1) is 21.7 Å². The Morgan fingerprint density at radius 1 is 1.23 bits per heavy atom. The number of ether oxygens (including phenoxy) is 1. The SMILES string of the molecule is COc1ccc([N+](=O)[O-])cc1NC(=O)CN[C@@H](C)c1ccc(F)c(F)c1. The third-order valence-electron chi connectivity index (χ3n) is 3.68. The summed E-state index contributed by atoms with van der Waals surface area (Å²) in [5, 5.41) is 16.2. The van der Waals surface area contributed by atoms with E-state index < -0.39 is 28.5 Å². The van der Waals surface area contributed by atoms with Gasteiger partial charge in [0.05, 0.1) is 24.3 Å². The molecule has 0 saturated carbocycles. The molecule has 0 saturated heterocycles. The van der Waals surface area contributed by atoms with Crippen LogP contribution in [0.15, 0.2) is 36.4 Å². The molecule has 2 rings (SSSR count). The van der Waals surface area contributed by atoms with Gasteiger partial charge in [-0.1, -0.05) is 6.07 Å². The highest BCUT2D eigenvalue weighted by Gasteiger charge is 2.15. The van der Waals surface area contributed by atoms with Crippen molar-refractivity contribution >= 4 is 17.3 Å². The molecule has 0 aliphatic carbocycles. The Morgan fingerprint density at radius 2 is 1.96 bits per heavy atom. The van der Waals surface area contributed by atoms with Crippen molar-refractivity contribution in [1.82, 2.24) is 5.32 Å². The first-order chi connectivity index (χ1) is 12.3. The number of nitrogens with one attached hydrogen (secondary N) is 2. The summed E-state index contributed by atoms with van der Waals surface area (Å²) < 4.78 is 31.3. The molecule has 0 unspecified atom stereocenters. The summed E-state index contributed by atoms with van der Waals surface area (Å²) in [5.41, 5.74) is 0.447. The average molecular weight is 365 g/mol. The van der Waals surface area contributed by atoms with Gasteiger partial charge in [0.25, 0.3) is 5.69 Å². The molecule has 9 heteroatoms. The average Bonchev–Trinajstić information content (AvgIpc) is 2.61. The van der Waals surface area contributed by atoms with Gasteiger partial charge in [-0.2, -0.15) is 0 Å². The van der Waals surface area contributed by atoms with Crippen molar-refractivity contribution in [3.8, 4) is 5.75 Å². The minimum atomic E-state index is -0.970.